The molecule has 5 rings (SSSR count). The molecule has 0 spiro atoms. The van der Waals surface area contributed by atoms with Crippen molar-refractivity contribution in [3.63, 3.8) is 0 Å². The van der Waals surface area contributed by atoms with E-state index >= 15 is 0 Å². The fraction of sp³-hybridized carbons (Fsp3) is 0.0769. The van der Waals surface area contributed by atoms with Gasteiger partial charge in [0, 0.05) is 22.9 Å². The van der Waals surface area contributed by atoms with Crippen LogP contribution in [-0.2, 0) is 10.9 Å². The second kappa shape index (κ2) is 10.1. The van der Waals surface area contributed by atoms with Gasteiger partial charge in [-0.2, -0.15) is 24.5 Å². The van der Waals surface area contributed by atoms with Crippen LogP contribution in [0.1, 0.15) is 22.4 Å². The molecule has 3 heterocycles. The van der Waals surface area contributed by atoms with Crippen LogP contribution < -0.4 is 10.4 Å². The van der Waals surface area contributed by atoms with Crippen LogP contribution in [0.15, 0.2) is 88.7 Å². The molecule has 192 valence electrons. The van der Waals surface area contributed by atoms with E-state index in [2.05, 4.69) is 15.3 Å². The molecule has 0 aliphatic carbocycles. The van der Waals surface area contributed by atoms with E-state index in [0.29, 0.717) is 28.7 Å². The zero-order chi connectivity index (χ0) is 26.9. The largest absolute Gasteiger partial charge is 0.417 e. The summed E-state index contributed by atoms with van der Waals surface area (Å²) in [6, 6.07) is 18.2. The topological polar surface area (TPSA) is 118 Å². The first-order valence-corrected chi connectivity index (χ1v) is 12.1. The van der Waals surface area contributed by atoms with Crippen LogP contribution in [0.4, 0.5) is 18.9 Å². The second-order valence-corrected chi connectivity index (χ2v) is 8.89. The van der Waals surface area contributed by atoms with Crippen LogP contribution in [0.3, 0.4) is 0 Å². The molecule has 4 aromatic rings. The van der Waals surface area contributed by atoms with Gasteiger partial charge in [0.15, 0.2) is 0 Å². The van der Waals surface area contributed by atoms with Crippen LogP contribution in [0.25, 0.3) is 11.1 Å². The summed E-state index contributed by atoms with van der Waals surface area (Å²) in [5.41, 5.74) is 1.79. The minimum Gasteiger partial charge on any atom is -0.405 e. The number of fused-ring (bicyclic) bond motifs is 1. The molecule has 38 heavy (non-hydrogen) atoms. The maximum absolute atomic E-state index is 13.3. The quantitative estimate of drug-likeness (QED) is 0.196. The normalized spacial score (nSPS) is 14.9. The van der Waals surface area contributed by atoms with Gasteiger partial charge in [-0.1, -0.05) is 48.5 Å². The Bertz CT molecular complexity index is 1520. The lowest BCUT2D eigenvalue weighted by atomic mass is 9.99. The van der Waals surface area contributed by atoms with Crippen molar-refractivity contribution < 1.29 is 23.1 Å². The van der Waals surface area contributed by atoms with E-state index < -0.39 is 29.9 Å². The lowest BCUT2D eigenvalue weighted by Gasteiger charge is -2.32. The number of thiophene rings is 1. The van der Waals surface area contributed by atoms with E-state index in [0.717, 1.165) is 16.7 Å². The number of hydrogen-bond acceptors (Lipinski definition) is 8. The minimum absolute atomic E-state index is 0.0404. The Morgan fingerprint density at radius 3 is 2.45 bits per heavy atom. The maximum atomic E-state index is 13.3. The molecule has 0 radical (unpaired) electrons. The molecule has 0 bridgehead atoms. The summed E-state index contributed by atoms with van der Waals surface area (Å²) < 4.78 is 45.2. The molecular weight excluding hydrogens is 517 g/mol. The monoisotopic (exact) mass is 536 g/mol. The maximum Gasteiger partial charge on any atom is 0.417 e. The number of nitrogens with one attached hydrogen (secondary N) is 3. The van der Waals surface area contributed by atoms with Crippen molar-refractivity contribution in [2.75, 3.05) is 5.06 Å². The van der Waals surface area contributed by atoms with Crippen LogP contribution in [0, 0.1) is 10.8 Å². The number of amidine groups is 1. The number of hydroxylamine groups is 1. The zero-order valence-corrected chi connectivity index (χ0v) is 20.2. The Balaban J connectivity index is 1.40. The molecule has 0 amide bonds. The van der Waals surface area contributed by atoms with Gasteiger partial charge in [0.05, 0.1) is 17.0 Å². The van der Waals surface area contributed by atoms with E-state index in [1.807, 2.05) is 36.4 Å². The molecular formula is C26H19F3N6O2S. The van der Waals surface area contributed by atoms with Gasteiger partial charge in [-0.05, 0) is 34.5 Å². The van der Waals surface area contributed by atoms with Gasteiger partial charge in [0.1, 0.15) is 5.69 Å². The van der Waals surface area contributed by atoms with Crippen molar-refractivity contribution in [3.8, 4) is 11.1 Å². The van der Waals surface area contributed by atoms with E-state index in [-0.39, 0.29) is 11.3 Å². The molecule has 2 aromatic carbocycles. The summed E-state index contributed by atoms with van der Waals surface area (Å²) in [5, 5.41) is 34.1. The molecule has 8 nitrogen and oxygen atoms in total. The van der Waals surface area contributed by atoms with E-state index in [4.69, 9.17) is 15.6 Å². The summed E-state index contributed by atoms with van der Waals surface area (Å²) in [6.07, 6.45) is -5.19. The van der Waals surface area contributed by atoms with Gasteiger partial charge in [-0.15, -0.1) is 0 Å². The Kier molecular flexibility index (Phi) is 6.66. The minimum atomic E-state index is -4.62. The summed E-state index contributed by atoms with van der Waals surface area (Å²) in [4.78, 5) is 8.36. The van der Waals surface area contributed by atoms with Crippen molar-refractivity contribution in [3.05, 3.63) is 106 Å². The number of alkyl halides is 3. The standard InChI is InChI=1S/C26H19F3N6O2S/c27-26(28,29)17-12-19(16-10-11-38-14-16)22(32-13-17)23(30)37-24(31)34-25-33-21(15-6-2-1-3-7-15)18-8-4-5-9-20(18)35(25)36/h1-14,25,30,36H,(H2,31,34). The highest BCUT2D eigenvalue weighted by Gasteiger charge is 2.33. The number of ether oxygens (including phenoxy) is 1. The predicted molar refractivity (Wildman–Crippen MR) is 138 cm³/mol. The fourth-order valence-corrected chi connectivity index (χ4v) is 4.56. The molecule has 12 heteroatoms. The van der Waals surface area contributed by atoms with Crippen molar-refractivity contribution in [2.24, 2.45) is 4.99 Å². The third-order valence-electron chi connectivity index (χ3n) is 5.66. The molecule has 4 N–H and O–H groups in total. The number of para-hydroxylation sites is 1. The van der Waals surface area contributed by atoms with Crippen LogP contribution in [-0.4, -0.2) is 34.1 Å². The van der Waals surface area contributed by atoms with E-state index in [1.165, 1.54) is 11.3 Å². The smallest absolute Gasteiger partial charge is 0.405 e. The molecule has 0 saturated carbocycles. The third-order valence-corrected chi connectivity index (χ3v) is 6.35. The highest BCUT2D eigenvalue weighted by atomic mass is 32.1. The Labute approximate surface area is 218 Å². The number of benzene rings is 2. The highest BCUT2D eigenvalue weighted by molar-refractivity contribution is 7.08. The van der Waals surface area contributed by atoms with Crippen LogP contribution >= 0.6 is 11.3 Å². The van der Waals surface area contributed by atoms with Crippen molar-refractivity contribution in [1.82, 2.24) is 10.3 Å². The van der Waals surface area contributed by atoms with E-state index in [1.54, 1.807) is 35.0 Å². The third kappa shape index (κ3) is 4.99. The zero-order valence-electron chi connectivity index (χ0n) is 19.4. The molecule has 1 aliphatic heterocycles. The average Bonchev–Trinajstić information content (AvgIpc) is 3.45. The van der Waals surface area contributed by atoms with Gasteiger partial charge in [0.2, 0.25) is 12.2 Å². The first-order chi connectivity index (χ1) is 18.2. The van der Waals surface area contributed by atoms with Crippen LogP contribution in [0.5, 0.6) is 0 Å². The Morgan fingerprint density at radius 1 is 1.00 bits per heavy atom. The fourth-order valence-electron chi connectivity index (χ4n) is 3.91. The number of nitrogens with zero attached hydrogens (tertiary/aromatic N) is 3. The Hall–Kier alpha value is -4.55. The van der Waals surface area contributed by atoms with Gasteiger partial charge in [0.25, 0.3) is 6.02 Å². The van der Waals surface area contributed by atoms with Gasteiger partial charge in [-0.25, -0.2) is 15.0 Å². The van der Waals surface area contributed by atoms with E-state index in [9.17, 15) is 18.4 Å². The summed E-state index contributed by atoms with van der Waals surface area (Å²) in [6.45, 7) is 0. The summed E-state index contributed by atoms with van der Waals surface area (Å²) >= 11 is 1.28. The van der Waals surface area contributed by atoms with Gasteiger partial charge in [-0.3, -0.25) is 21.3 Å². The second-order valence-electron chi connectivity index (χ2n) is 8.11. The van der Waals surface area contributed by atoms with Crippen molar-refractivity contribution in [2.45, 2.75) is 12.5 Å². The number of aromatic nitrogens is 1. The molecule has 1 aliphatic rings. The summed E-state index contributed by atoms with van der Waals surface area (Å²) in [5.74, 6) is -0.648. The van der Waals surface area contributed by atoms with Gasteiger partial charge >= 0.3 is 6.18 Å². The lowest BCUT2D eigenvalue weighted by Crippen LogP contribution is -2.49. The first-order valence-electron chi connectivity index (χ1n) is 11.1. The number of pyridine rings is 1. The number of rotatable bonds is 4. The number of halogens is 3. The SMILES string of the molecule is N=C(NC1N=C(c2ccccc2)c2ccccc2N1O)OC(=N)c1ncc(C(F)(F)F)cc1-c1ccsc1. The Morgan fingerprint density at radius 2 is 1.74 bits per heavy atom. The first kappa shape index (κ1) is 25.1. The van der Waals surface area contributed by atoms with Crippen molar-refractivity contribution >= 4 is 34.7 Å². The molecule has 1 unspecified atom stereocenters. The number of anilines is 1. The predicted octanol–water partition coefficient (Wildman–Crippen LogP) is 5.73. The highest BCUT2D eigenvalue weighted by Crippen LogP contribution is 2.34. The molecule has 0 saturated heterocycles. The molecule has 0 fully saturated rings. The molecule has 1 atom stereocenters. The average molecular weight is 537 g/mol. The van der Waals surface area contributed by atoms with Crippen molar-refractivity contribution in [1.29, 1.82) is 10.8 Å². The lowest BCUT2D eigenvalue weighted by molar-refractivity contribution is -0.137. The van der Waals surface area contributed by atoms with Crippen LogP contribution in [0.2, 0.25) is 0 Å². The number of aliphatic imine (C=N–C) groups is 1. The number of hydrogen-bond donors (Lipinski definition) is 4. The summed E-state index contributed by atoms with van der Waals surface area (Å²) in [7, 11) is 0. The molecule has 2 aromatic heterocycles. The van der Waals surface area contributed by atoms with Gasteiger partial charge < -0.3 is 4.74 Å².